The van der Waals surface area contributed by atoms with Crippen LogP contribution >= 0.6 is 11.6 Å². The van der Waals surface area contributed by atoms with E-state index in [-0.39, 0.29) is 11.6 Å². The number of ether oxygens (including phenoxy) is 1. The zero-order valence-corrected chi connectivity index (χ0v) is 11.5. The first kappa shape index (κ1) is 12.7. The van der Waals surface area contributed by atoms with Crippen molar-refractivity contribution in [3.05, 3.63) is 28.8 Å². The molecule has 0 radical (unpaired) electrons. The molecule has 0 fully saturated rings. The second-order valence-corrected chi connectivity index (χ2v) is 5.75. The summed E-state index contributed by atoms with van der Waals surface area (Å²) in [6, 6.07) is 5.84. The molecule has 0 saturated carbocycles. The third kappa shape index (κ3) is 3.14. The van der Waals surface area contributed by atoms with E-state index in [4.69, 9.17) is 16.3 Å². The molecule has 0 spiro atoms. The molecule has 1 heterocycles. The Bertz CT molecular complexity index is 403. The first-order chi connectivity index (χ1) is 8.00. The fourth-order valence-corrected chi connectivity index (χ4v) is 2.11. The Morgan fingerprint density at radius 1 is 1.47 bits per heavy atom. The number of nitrogens with one attached hydrogen (secondary N) is 1. The van der Waals surface area contributed by atoms with Crippen molar-refractivity contribution in [3.8, 4) is 5.75 Å². The van der Waals surface area contributed by atoms with E-state index in [2.05, 4.69) is 26.1 Å². The van der Waals surface area contributed by atoms with E-state index in [0.717, 1.165) is 30.2 Å². The van der Waals surface area contributed by atoms with Crippen molar-refractivity contribution in [2.45, 2.75) is 45.3 Å². The lowest BCUT2D eigenvalue weighted by atomic mass is 10.0. The van der Waals surface area contributed by atoms with Crippen molar-refractivity contribution in [1.82, 2.24) is 5.32 Å². The van der Waals surface area contributed by atoms with Gasteiger partial charge in [0.2, 0.25) is 0 Å². The quantitative estimate of drug-likeness (QED) is 0.888. The monoisotopic (exact) mass is 253 g/mol. The molecule has 0 amide bonds. The highest BCUT2D eigenvalue weighted by Crippen LogP contribution is 2.30. The van der Waals surface area contributed by atoms with Crippen LogP contribution in [0, 0.1) is 0 Å². The molecule has 0 aromatic heterocycles. The fourth-order valence-electron chi connectivity index (χ4n) is 1.92. The van der Waals surface area contributed by atoms with Gasteiger partial charge in [-0.1, -0.05) is 18.5 Å². The molecule has 0 aliphatic carbocycles. The molecule has 1 aromatic rings. The molecule has 1 atom stereocenters. The van der Waals surface area contributed by atoms with Crippen LogP contribution in [0.15, 0.2) is 18.2 Å². The lowest BCUT2D eigenvalue weighted by molar-refractivity contribution is 0.207. The van der Waals surface area contributed by atoms with Gasteiger partial charge in [0.15, 0.2) is 0 Å². The highest BCUT2D eigenvalue weighted by atomic mass is 35.5. The topological polar surface area (TPSA) is 21.3 Å². The molecule has 94 valence electrons. The van der Waals surface area contributed by atoms with E-state index < -0.39 is 0 Å². The Balaban J connectivity index is 1.92. The molecule has 1 unspecified atom stereocenters. The van der Waals surface area contributed by atoms with Gasteiger partial charge in [0.05, 0.1) is 0 Å². The number of hydrogen-bond acceptors (Lipinski definition) is 2. The maximum Gasteiger partial charge on any atom is 0.123 e. The minimum absolute atomic E-state index is 0.176. The van der Waals surface area contributed by atoms with Gasteiger partial charge in [-0.05, 0) is 44.0 Å². The number of fused-ring (bicyclic) bond motifs is 1. The van der Waals surface area contributed by atoms with Gasteiger partial charge in [0.25, 0.3) is 0 Å². The Hall–Kier alpha value is -0.730. The molecule has 1 aliphatic rings. The van der Waals surface area contributed by atoms with Crippen molar-refractivity contribution >= 4 is 11.6 Å². The third-order valence-corrected chi connectivity index (χ3v) is 3.69. The van der Waals surface area contributed by atoms with E-state index >= 15 is 0 Å². The van der Waals surface area contributed by atoms with Gasteiger partial charge < -0.3 is 10.1 Å². The van der Waals surface area contributed by atoms with Gasteiger partial charge in [-0.2, -0.15) is 0 Å². The first-order valence-corrected chi connectivity index (χ1v) is 6.58. The largest absolute Gasteiger partial charge is 0.488 e. The maximum absolute atomic E-state index is 5.97. The molecule has 0 saturated heterocycles. The Morgan fingerprint density at radius 2 is 2.24 bits per heavy atom. The van der Waals surface area contributed by atoms with E-state index in [0.29, 0.717) is 0 Å². The smallest absolute Gasteiger partial charge is 0.123 e. The second kappa shape index (κ2) is 4.87. The number of halogens is 1. The van der Waals surface area contributed by atoms with E-state index in [1.54, 1.807) is 0 Å². The Morgan fingerprint density at radius 3 is 2.94 bits per heavy atom. The molecule has 1 N–H and O–H groups in total. The molecule has 0 bridgehead atoms. The van der Waals surface area contributed by atoms with Crippen LogP contribution in [-0.2, 0) is 6.42 Å². The van der Waals surface area contributed by atoms with Gasteiger partial charge in [-0.15, -0.1) is 0 Å². The van der Waals surface area contributed by atoms with Crippen molar-refractivity contribution in [2.24, 2.45) is 0 Å². The summed E-state index contributed by atoms with van der Waals surface area (Å²) >= 11 is 5.97. The van der Waals surface area contributed by atoms with Crippen LogP contribution in [-0.4, -0.2) is 18.2 Å². The minimum atomic E-state index is 0.176. The lowest BCUT2D eigenvalue weighted by Gasteiger charge is -2.26. The predicted octanol–water partition coefficient (Wildman–Crippen LogP) is 3.42. The zero-order chi connectivity index (χ0) is 12.5. The molecular formula is C14H20ClNO. The molecule has 2 nitrogen and oxygen atoms in total. The third-order valence-electron chi connectivity index (χ3n) is 3.46. The highest BCUT2D eigenvalue weighted by molar-refractivity contribution is 6.30. The minimum Gasteiger partial charge on any atom is -0.488 e. The van der Waals surface area contributed by atoms with Crippen molar-refractivity contribution in [2.75, 3.05) is 6.54 Å². The van der Waals surface area contributed by atoms with Gasteiger partial charge >= 0.3 is 0 Å². The number of rotatable bonds is 4. The molecule has 2 rings (SSSR count). The maximum atomic E-state index is 5.97. The molecule has 1 aliphatic heterocycles. The molecule has 3 heteroatoms. The van der Waals surface area contributed by atoms with Gasteiger partial charge in [-0.25, -0.2) is 0 Å². The van der Waals surface area contributed by atoms with E-state index in [1.807, 2.05) is 18.2 Å². The van der Waals surface area contributed by atoms with Crippen molar-refractivity contribution < 1.29 is 4.74 Å². The SMILES string of the molecule is CCC(C)(C)NCC1Cc2cc(Cl)ccc2O1. The predicted molar refractivity (Wildman–Crippen MR) is 71.9 cm³/mol. The summed E-state index contributed by atoms with van der Waals surface area (Å²) < 4.78 is 5.88. The first-order valence-electron chi connectivity index (χ1n) is 6.20. The second-order valence-electron chi connectivity index (χ2n) is 5.31. The normalized spacial score (nSPS) is 18.9. The highest BCUT2D eigenvalue weighted by Gasteiger charge is 2.24. The van der Waals surface area contributed by atoms with Crippen LogP contribution in [0.4, 0.5) is 0 Å². The molecule has 17 heavy (non-hydrogen) atoms. The summed E-state index contributed by atoms with van der Waals surface area (Å²) in [5, 5.41) is 4.33. The number of hydrogen-bond donors (Lipinski definition) is 1. The molecular weight excluding hydrogens is 234 g/mol. The summed E-state index contributed by atoms with van der Waals surface area (Å²) in [6.45, 7) is 7.50. The fraction of sp³-hybridized carbons (Fsp3) is 0.571. The standard InChI is InChI=1S/C14H20ClNO/c1-4-14(2,3)16-9-12-8-10-7-11(15)5-6-13(10)17-12/h5-7,12,16H,4,8-9H2,1-3H3. The average Bonchev–Trinajstić information content (AvgIpc) is 2.68. The van der Waals surface area contributed by atoms with Crippen LogP contribution in [0.5, 0.6) is 5.75 Å². The summed E-state index contributed by atoms with van der Waals surface area (Å²) in [5.41, 5.74) is 1.40. The summed E-state index contributed by atoms with van der Waals surface area (Å²) in [4.78, 5) is 0. The van der Waals surface area contributed by atoms with Gasteiger partial charge in [0.1, 0.15) is 11.9 Å². The zero-order valence-electron chi connectivity index (χ0n) is 10.7. The van der Waals surface area contributed by atoms with Crippen LogP contribution in [0.1, 0.15) is 32.8 Å². The van der Waals surface area contributed by atoms with E-state index in [9.17, 15) is 0 Å². The van der Waals surface area contributed by atoms with Crippen LogP contribution < -0.4 is 10.1 Å². The average molecular weight is 254 g/mol. The van der Waals surface area contributed by atoms with E-state index in [1.165, 1.54) is 5.56 Å². The lowest BCUT2D eigenvalue weighted by Crippen LogP contribution is -2.43. The molecule has 1 aromatic carbocycles. The van der Waals surface area contributed by atoms with Crippen LogP contribution in [0.2, 0.25) is 5.02 Å². The van der Waals surface area contributed by atoms with Crippen molar-refractivity contribution in [1.29, 1.82) is 0 Å². The number of benzene rings is 1. The summed E-state index contributed by atoms with van der Waals surface area (Å²) in [5.74, 6) is 0.982. The van der Waals surface area contributed by atoms with Gasteiger partial charge in [0, 0.05) is 23.5 Å². The van der Waals surface area contributed by atoms with Crippen LogP contribution in [0.25, 0.3) is 0 Å². The Labute approximate surface area is 108 Å². The Kier molecular flexibility index (Phi) is 3.64. The van der Waals surface area contributed by atoms with Crippen molar-refractivity contribution in [3.63, 3.8) is 0 Å². The van der Waals surface area contributed by atoms with Gasteiger partial charge in [-0.3, -0.25) is 0 Å². The summed E-state index contributed by atoms with van der Waals surface area (Å²) in [7, 11) is 0. The van der Waals surface area contributed by atoms with Crippen LogP contribution in [0.3, 0.4) is 0 Å². The summed E-state index contributed by atoms with van der Waals surface area (Å²) in [6.07, 6.45) is 2.29.